The molecular weight excluding hydrogens is 372 g/mol. The Morgan fingerprint density at radius 2 is 1.87 bits per heavy atom. The van der Waals surface area contributed by atoms with Crippen LogP contribution in [0.2, 0.25) is 0 Å². The largest absolute Gasteiger partial charge is 0.439 e. The molecule has 0 radical (unpaired) electrons. The summed E-state index contributed by atoms with van der Waals surface area (Å²) in [4.78, 5) is 4.48. The van der Waals surface area contributed by atoms with Gasteiger partial charge >= 0.3 is 0 Å². The molecule has 0 bridgehead atoms. The summed E-state index contributed by atoms with van der Waals surface area (Å²) in [5, 5.41) is 8.42. The fourth-order valence-electron chi connectivity index (χ4n) is 4.75. The molecule has 2 aliphatic rings. The number of anilines is 2. The summed E-state index contributed by atoms with van der Waals surface area (Å²) in [6, 6.07) is 12.7. The van der Waals surface area contributed by atoms with Gasteiger partial charge < -0.3 is 10.1 Å². The van der Waals surface area contributed by atoms with Crippen LogP contribution in [-0.2, 0) is 12.8 Å². The fraction of sp³-hybridized carbons (Fsp3) is 0.440. The minimum atomic E-state index is 0.464. The third kappa shape index (κ3) is 4.07. The molecule has 3 aromatic rings. The Morgan fingerprint density at radius 1 is 1.00 bits per heavy atom. The molecule has 1 N–H and O–H groups in total. The fourth-order valence-corrected chi connectivity index (χ4v) is 4.75. The van der Waals surface area contributed by atoms with E-state index in [1.807, 2.05) is 18.2 Å². The minimum Gasteiger partial charge on any atom is -0.439 e. The molecular formula is C25H30N4O. The Hall–Kier alpha value is -2.82. The molecule has 1 fully saturated rings. The Bertz CT molecular complexity index is 1020. The van der Waals surface area contributed by atoms with Crippen molar-refractivity contribution in [1.82, 2.24) is 14.8 Å². The minimum absolute atomic E-state index is 0.464. The molecule has 5 rings (SSSR count). The van der Waals surface area contributed by atoms with Crippen molar-refractivity contribution in [2.75, 3.05) is 5.32 Å². The summed E-state index contributed by atoms with van der Waals surface area (Å²) in [5.41, 5.74) is 4.81. The summed E-state index contributed by atoms with van der Waals surface area (Å²) in [7, 11) is 0. The Kier molecular flexibility index (Phi) is 5.43. The molecule has 5 nitrogen and oxygen atoms in total. The average Bonchev–Trinajstić information content (AvgIpc) is 3.13. The SMILES string of the molecule is Cc1cccc(Nc2cc(Oc3c4c(nn3C3CCCCC3)CCCC4)ccn2)c1. The van der Waals surface area contributed by atoms with Crippen molar-refractivity contribution in [3.63, 3.8) is 0 Å². The van der Waals surface area contributed by atoms with Gasteiger partial charge in [0, 0.05) is 23.5 Å². The number of aryl methyl sites for hydroxylation is 2. The van der Waals surface area contributed by atoms with Crippen LogP contribution in [0.3, 0.4) is 0 Å². The van der Waals surface area contributed by atoms with Gasteiger partial charge in [-0.2, -0.15) is 5.10 Å². The van der Waals surface area contributed by atoms with Crippen LogP contribution in [0.5, 0.6) is 11.6 Å². The maximum absolute atomic E-state index is 6.52. The summed E-state index contributed by atoms with van der Waals surface area (Å²) in [5.74, 6) is 2.56. The zero-order valence-corrected chi connectivity index (χ0v) is 17.7. The van der Waals surface area contributed by atoms with Crippen LogP contribution < -0.4 is 10.1 Å². The van der Waals surface area contributed by atoms with E-state index in [2.05, 4.69) is 40.1 Å². The van der Waals surface area contributed by atoms with Gasteiger partial charge in [-0.1, -0.05) is 31.4 Å². The highest BCUT2D eigenvalue weighted by Gasteiger charge is 2.27. The first-order valence-corrected chi connectivity index (χ1v) is 11.3. The first kappa shape index (κ1) is 19.2. The molecule has 5 heteroatoms. The number of hydrogen-bond acceptors (Lipinski definition) is 4. The van der Waals surface area contributed by atoms with E-state index in [1.54, 1.807) is 6.20 Å². The van der Waals surface area contributed by atoms with E-state index in [0.717, 1.165) is 36.0 Å². The monoisotopic (exact) mass is 402 g/mol. The van der Waals surface area contributed by atoms with Gasteiger partial charge in [-0.15, -0.1) is 0 Å². The molecule has 0 amide bonds. The first-order valence-electron chi connectivity index (χ1n) is 11.3. The van der Waals surface area contributed by atoms with E-state index >= 15 is 0 Å². The Morgan fingerprint density at radius 3 is 2.73 bits per heavy atom. The van der Waals surface area contributed by atoms with Crippen molar-refractivity contribution in [3.05, 3.63) is 59.4 Å². The summed E-state index contributed by atoms with van der Waals surface area (Å²) >= 11 is 0. The van der Waals surface area contributed by atoms with Crippen LogP contribution in [-0.4, -0.2) is 14.8 Å². The second-order valence-electron chi connectivity index (χ2n) is 8.65. The van der Waals surface area contributed by atoms with Gasteiger partial charge in [0.2, 0.25) is 5.88 Å². The molecule has 2 aromatic heterocycles. The van der Waals surface area contributed by atoms with Crippen LogP contribution in [0.1, 0.15) is 67.8 Å². The van der Waals surface area contributed by atoms with Gasteiger partial charge in [-0.05, 0) is 69.2 Å². The Balaban J connectivity index is 1.43. The standard InChI is InChI=1S/C25H30N4O/c1-18-8-7-9-19(16-18)27-24-17-21(14-15-26-24)30-25-22-12-5-6-13-23(22)28-29(25)20-10-3-2-4-11-20/h7-9,14-17,20H,2-6,10-13H2,1H3,(H,26,27). The van der Waals surface area contributed by atoms with E-state index in [9.17, 15) is 0 Å². The summed E-state index contributed by atoms with van der Waals surface area (Å²) in [6.07, 6.45) is 12.7. The molecule has 156 valence electrons. The van der Waals surface area contributed by atoms with Gasteiger partial charge in [-0.3, -0.25) is 0 Å². The smallest absolute Gasteiger partial charge is 0.221 e. The van der Waals surface area contributed by atoms with E-state index in [0.29, 0.717) is 6.04 Å². The van der Waals surface area contributed by atoms with Gasteiger partial charge in [0.25, 0.3) is 0 Å². The highest BCUT2D eigenvalue weighted by atomic mass is 16.5. The number of fused-ring (bicyclic) bond motifs is 1. The predicted molar refractivity (Wildman–Crippen MR) is 120 cm³/mol. The number of aromatic nitrogens is 3. The van der Waals surface area contributed by atoms with Crippen molar-refractivity contribution in [1.29, 1.82) is 0 Å². The number of nitrogens with zero attached hydrogens (tertiary/aromatic N) is 3. The second kappa shape index (κ2) is 8.50. The van der Waals surface area contributed by atoms with Gasteiger partial charge in [0.15, 0.2) is 0 Å². The number of nitrogens with one attached hydrogen (secondary N) is 1. The number of hydrogen-bond donors (Lipinski definition) is 1. The van der Waals surface area contributed by atoms with E-state index in [4.69, 9.17) is 9.84 Å². The molecule has 2 aliphatic carbocycles. The maximum atomic E-state index is 6.52. The van der Waals surface area contributed by atoms with Crippen LogP contribution in [0.15, 0.2) is 42.6 Å². The van der Waals surface area contributed by atoms with E-state index < -0.39 is 0 Å². The van der Waals surface area contributed by atoms with Crippen molar-refractivity contribution in [2.24, 2.45) is 0 Å². The molecule has 30 heavy (non-hydrogen) atoms. The second-order valence-corrected chi connectivity index (χ2v) is 8.65. The zero-order chi connectivity index (χ0) is 20.3. The van der Waals surface area contributed by atoms with Crippen molar-refractivity contribution in [3.8, 4) is 11.6 Å². The Labute approximate surface area is 178 Å². The molecule has 0 spiro atoms. The van der Waals surface area contributed by atoms with Crippen LogP contribution in [0, 0.1) is 6.92 Å². The molecule has 0 atom stereocenters. The van der Waals surface area contributed by atoms with E-state index in [-0.39, 0.29) is 0 Å². The highest BCUT2D eigenvalue weighted by Crippen LogP contribution is 2.39. The molecule has 0 aliphatic heterocycles. The van der Waals surface area contributed by atoms with Gasteiger partial charge in [0.1, 0.15) is 11.6 Å². The molecule has 1 aromatic carbocycles. The summed E-state index contributed by atoms with van der Waals surface area (Å²) in [6.45, 7) is 2.09. The third-order valence-electron chi connectivity index (χ3n) is 6.29. The summed E-state index contributed by atoms with van der Waals surface area (Å²) < 4.78 is 8.74. The highest BCUT2D eigenvalue weighted by molar-refractivity contribution is 5.58. The molecule has 1 saturated carbocycles. The number of rotatable bonds is 5. The number of ether oxygens (including phenoxy) is 1. The average molecular weight is 403 g/mol. The number of benzene rings is 1. The lowest BCUT2D eigenvalue weighted by atomic mass is 9.95. The molecule has 2 heterocycles. The quantitative estimate of drug-likeness (QED) is 0.529. The predicted octanol–water partition coefficient (Wildman–Crippen LogP) is 6.51. The van der Waals surface area contributed by atoms with Crippen LogP contribution in [0.4, 0.5) is 11.5 Å². The van der Waals surface area contributed by atoms with Crippen LogP contribution >= 0.6 is 0 Å². The van der Waals surface area contributed by atoms with E-state index in [1.165, 1.54) is 61.8 Å². The van der Waals surface area contributed by atoms with Crippen molar-refractivity contribution in [2.45, 2.75) is 70.8 Å². The maximum Gasteiger partial charge on any atom is 0.221 e. The van der Waals surface area contributed by atoms with Gasteiger partial charge in [-0.25, -0.2) is 9.67 Å². The first-order chi connectivity index (χ1) is 14.8. The normalized spacial score (nSPS) is 16.8. The lowest BCUT2D eigenvalue weighted by Gasteiger charge is -2.24. The lowest BCUT2D eigenvalue weighted by Crippen LogP contribution is -2.15. The number of pyridine rings is 1. The topological polar surface area (TPSA) is 52.0 Å². The van der Waals surface area contributed by atoms with Gasteiger partial charge in [0.05, 0.1) is 11.7 Å². The van der Waals surface area contributed by atoms with Crippen molar-refractivity contribution < 1.29 is 4.74 Å². The van der Waals surface area contributed by atoms with Crippen LogP contribution in [0.25, 0.3) is 0 Å². The third-order valence-corrected chi connectivity index (χ3v) is 6.29. The molecule has 0 unspecified atom stereocenters. The zero-order valence-electron chi connectivity index (χ0n) is 17.7. The van der Waals surface area contributed by atoms with Crippen molar-refractivity contribution >= 4 is 11.5 Å². The lowest BCUT2D eigenvalue weighted by molar-refractivity contribution is 0.294. The molecule has 0 saturated heterocycles.